The molecule has 1 aromatic heterocycles. The van der Waals surface area contributed by atoms with Gasteiger partial charge in [-0.25, -0.2) is 4.98 Å². The van der Waals surface area contributed by atoms with E-state index in [9.17, 15) is 0 Å². The van der Waals surface area contributed by atoms with Gasteiger partial charge in [-0.05, 0) is 36.6 Å². The topological polar surface area (TPSA) is 34.1 Å². The summed E-state index contributed by atoms with van der Waals surface area (Å²) in [6, 6.07) is 7.91. The van der Waals surface area contributed by atoms with Crippen LogP contribution in [-0.2, 0) is 6.54 Å². The Morgan fingerprint density at radius 2 is 2.05 bits per heavy atom. The Morgan fingerprint density at radius 3 is 2.76 bits per heavy atom. The number of ether oxygens (including phenoxy) is 1. The van der Waals surface area contributed by atoms with Crippen molar-refractivity contribution in [3.8, 4) is 11.6 Å². The van der Waals surface area contributed by atoms with Crippen LogP contribution in [0.1, 0.15) is 18.4 Å². The van der Waals surface area contributed by atoms with Gasteiger partial charge in [-0.1, -0.05) is 39.1 Å². The van der Waals surface area contributed by atoms with Crippen LogP contribution >= 0.6 is 39.1 Å². The van der Waals surface area contributed by atoms with Crippen molar-refractivity contribution in [2.75, 3.05) is 0 Å². The second-order valence-electron chi connectivity index (χ2n) is 4.95. The molecule has 3 nitrogen and oxygen atoms in total. The second-order valence-corrected chi connectivity index (χ2v) is 6.68. The SMILES string of the molecule is Clc1cnc(Oc2ccc(Br)cc2Cl)cc1CNC1CC1. The first kappa shape index (κ1) is 15.1. The minimum atomic E-state index is 0.483. The maximum atomic E-state index is 6.16. The van der Waals surface area contributed by atoms with Gasteiger partial charge in [0.25, 0.3) is 0 Å². The Balaban J connectivity index is 1.76. The number of nitrogens with one attached hydrogen (secondary N) is 1. The van der Waals surface area contributed by atoms with Crippen molar-refractivity contribution in [2.45, 2.75) is 25.4 Å². The molecule has 1 N–H and O–H groups in total. The summed E-state index contributed by atoms with van der Waals surface area (Å²) in [6.07, 6.45) is 4.08. The van der Waals surface area contributed by atoms with Gasteiger partial charge in [-0.2, -0.15) is 0 Å². The first-order valence-corrected chi connectivity index (χ1v) is 8.17. The predicted molar refractivity (Wildman–Crippen MR) is 88.3 cm³/mol. The molecule has 1 saturated carbocycles. The van der Waals surface area contributed by atoms with E-state index < -0.39 is 0 Å². The van der Waals surface area contributed by atoms with Crippen LogP contribution in [0.3, 0.4) is 0 Å². The molecule has 21 heavy (non-hydrogen) atoms. The number of benzene rings is 1. The van der Waals surface area contributed by atoms with E-state index in [0.29, 0.717) is 27.7 Å². The maximum absolute atomic E-state index is 6.16. The molecule has 1 fully saturated rings. The highest BCUT2D eigenvalue weighted by atomic mass is 79.9. The first-order valence-electron chi connectivity index (χ1n) is 6.62. The van der Waals surface area contributed by atoms with Crippen molar-refractivity contribution >= 4 is 39.1 Å². The Labute approximate surface area is 141 Å². The molecule has 0 saturated heterocycles. The zero-order valence-electron chi connectivity index (χ0n) is 11.1. The Kier molecular flexibility index (Phi) is 4.69. The molecule has 1 heterocycles. The lowest BCUT2D eigenvalue weighted by Gasteiger charge is -2.10. The van der Waals surface area contributed by atoms with Gasteiger partial charge in [0.15, 0.2) is 0 Å². The van der Waals surface area contributed by atoms with Crippen molar-refractivity contribution in [1.82, 2.24) is 10.3 Å². The van der Waals surface area contributed by atoms with Gasteiger partial charge in [0.2, 0.25) is 5.88 Å². The molecule has 0 spiro atoms. The quantitative estimate of drug-likeness (QED) is 0.765. The normalized spacial score (nSPS) is 14.2. The van der Waals surface area contributed by atoms with E-state index in [1.54, 1.807) is 18.3 Å². The number of pyridine rings is 1. The number of hydrogen-bond donors (Lipinski definition) is 1. The monoisotopic (exact) mass is 386 g/mol. The predicted octanol–water partition coefficient (Wildman–Crippen LogP) is 5.20. The molecule has 3 rings (SSSR count). The smallest absolute Gasteiger partial charge is 0.219 e. The molecule has 0 radical (unpaired) electrons. The van der Waals surface area contributed by atoms with E-state index in [0.717, 1.165) is 16.6 Å². The molecule has 1 aliphatic rings. The highest BCUT2D eigenvalue weighted by Crippen LogP contribution is 2.32. The number of rotatable bonds is 5. The first-order chi connectivity index (χ1) is 10.1. The van der Waals surface area contributed by atoms with Gasteiger partial charge >= 0.3 is 0 Å². The highest BCUT2D eigenvalue weighted by molar-refractivity contribution is 9.10. The molecular formula is C15H13BrCl2N2O. The van der Waals surface area contributed by atoms with Crippen LogP contribution in [0.5, 0.6) is 11.6 Å². The lowest BCUT2D eigenvalue weighted by molar-refractivity contribution is 0.462. The van der Waals surface area contributed by atoms with Crippen molar-refractivity contribution in [1.29, 1.82) is 0 Å². The largest absolute Gasteiger partial charge is 0.437 e. The fourth-order valence-electron chi connectivity index (χ4n) is 1.86. The number of aromatic nitrogens is 1. The minimum absolute atomic E-state index is 0.483. The van der Waals surface area contributed by atoms with Gasteiger partial charge < -0.3 is 10.1 Å². The lowest BCUT2D eigenvalue weighted by atomic mass is 10.2. The summed E-state index contributed by atoms with van der Waals surface area (Å²) >= 11 is 15.7. The molecule has 0 unspecified atom stereocenters. The molecule has 0 bridgehead atoms. The molecule has 1 aliphatic carbocycles. The zero-order chi connectivity index (χ0) is 14.8. The van der Waals surface area contributed by atoms with Crippen LogP contribution in [0.2, 0.25) is 10.0 Å². The fraction of sp³-hybridized carbons (Fsp3) is 0.267. The van der Waals surface area contributed by atoms with Gasteiger partial charge in [0.1, 0.15) is 5.75 Å². The summed E-state index contributed by atoms with van der Waals surface area (Å²) in [6.45, 7) is 0.719. The van der Waals surface area contributed by atoms with Gasteiger partial charge in [0.05, 0.1) is 10.0 Å². The third-order valence-corrected chi connectivity index (χ3v) is 4.31. The zero-order valence-corrected chi connectivity index (χ0v) is 14.2. The maximum Gasteiger partial charge on any atom is 0.219 e. The molecule has 1 aromatic carbocycles. The fourth-order valence-corrected chi connectivity index (χ4v) is 2.74. The van der Waals surface area contributed by atoms with Gasteiger partial charge in [-0.3, -0.25) is 0 Å². The molecule has 2 aromatic rings. The van der Waals surface area contributed by atoms with Crippen molar-refractivity contribution in [3.63, 3.8) is 0 Å². The minimum Gasteiger partial charge on any atom is -0.437 e. The molecule has 110 valence electrons. The van der Waals surface area contributed by atoms with E-state index in [1.165, 1.54) is 12.8 Å². The Hall–Kier alpha value is -0.810. The van der Waals surface area contributed by atoms with E-state index in [4.69, 9.17) is 27.9 Å². The third kappa shape index (κ3) is 4.10. The van der Waals surface area contributed by atoms with Crippen LogP contribution in [0, 0.1) is 0 Å². The summed E-state index contributed by atoms with van der Waals surface area (Å²) in [5.41, 5.74) is 0.974. The summed E-state index contributed by atoms with van der Waals surface area (Å²) in [4.78, 5) is 4.19. The van der Waals surface area contributed by atoms with E-state index in [1.807, 2.05) is 12.1 Å². The molecule has 0 amide bonds. The third-order valence-electron chi connectivity index (χ3n) is 3.18. The standard InChI is InChI=1S/C15H13BrCl2N2O/c16-10-1-4-14(12(17)6-10)21-15-5-9(13(18)8-20-15)7-19-11-2-3-11/h1,4-6,8,11,19H,2-3,7H2. The Bertz CT molecular complexity index is 662. The van der Waals surface area contributed by atoms with E-state index >= 15 is 0 Å². The molecular weight excluding hydrogens is 375 g/mol. The molecule has 0 aliphatic heterocycles. The van der Waals surface area contributed by atoms with Crippen molar-refractivity contribution < 1.29 is 4.74 Å². The van der Waals surface area contributed by atoms with Gasteiger partial charge in [-0.15, -0.1) is 0 Å². The average molecular weight is 388 g/mol. The number of halogens is 3. The van der Waals surface area contributed by atoms with Crippen LogP contribution in [0.15, 0.2) is 34.9 Å². The summed E-state index contributed by atoms with van der Waals surface area (Å²) < 4.78 is 6.63. The summed E-state index contributed by atoms with van der Waals surface area (Å²) in [5.74, 6) is 1.05. The average Bonchev–Trinajstić information content (AvgIpc) is 3.26. The number of hydrogen-bond acceptors (Lipinski definition) is 3. The summed E-state index contributed by atoms with van der Waals surface area (Å²) in [7, 11) is 0. The van der Waals surface area contributed by atoms with E-state index in [2.05, 4.69) is 26.2 Å². The van der Waals surface area contributed by atoms with E-state index in [-0.39, 0.29) is 0 Å². The van der Waals surface area contributed by atoms with Crippen LogP contribution in [0.25, 0.3) is 0 Å². The molecule has 6 heteroatoms. The van der Waals surface area contributed by atoms with Gasteiger partial charge in [0, 0.05) is 29.3 Å². The van der Waals surface area contributed by atoms with Crippen LogP contribution in [-0.4, -0.2) is 11.0 Å². The van der Waals surface area contributed by atoms with Crippen LogP contribution in [0.4, 0.5) is 0 Å². The molecule has 0 atom stereocenters. The Morgan fingerprint density at radius 1 is 1.24 bits per heavy atom. The summed E-state index contributed by atoms with van der Waals surface area (Å²) in [5, 5.41) is 4.59. The van der Waals surface area contributed by atoms with Crippen LogP contribution < -0.4 is 10.1 Å². The van der Waals surface area contributed by atoms with Crippen molar-refractivity contribution in [2.24, 2.45) is 0 Å². The second kappa shape index (κ2) is 6.53. The van der Waals surface area contributed by atoms with Crippen molar-refractivity contribution in [3.05, 3.63) is 50.5 Å². The highest BCUT2D eigenvalue weighted by Gasteiger charge is 2.20. The number of nitrogens with zero attached hydrogens (tertiary/aromatic N) is 1. The lowest BCUT2D eigenvalue weighted by Crippen LogP contribution is -2.15.